The second-order valence-corrected chi connectivity index (χ2v) is 19.3. The minimum Gasteiger partial charge on any atom is -0.455 e. The Bertz CT molecular complexity index is 2900. The maximum Gasteiger partial charge on any atom is 0.143 e. The molecule has 0 aliphatic heterocycles. The van der Waals surface area contributed by atoms with Crippen molar-refractivity contribution in [2.75, 3.05) is 0 Å². The topological polar surface area (TPSA) is 13.1 Å². The van der Waals surface area contributed by atoms with E-state index < -0.39 is 0 Å². The number of aryl methyl sites for hydroxylation is 2. The van der Waals surface area contributed by atoms with Gasteiger partial charge in [-0.25, -0.2) is 0 Å². The SMILES string of the molecule is CC1C=C2C3=CCC(C)(C)C=C3C(C)(C)C2=CC1.Cc1ccc(-c2cccc3c2oc2ccccc23)cc1.Cc1ccc2c(c1)C(C)(C)c1cccc(-c3ccccc3)c1-2. The number of furan rings is 1. The van der Waals surface area contributed by atoms with Gasteiger partial charge in [-0.05, 0) is 105 Å². The fourth-order valence-corrected chi connectivity index (χ4v) is 10.1. The zero-order chi connectivity index (χ0) is 42.0. The van der Waals surface area contributed by atoms with Crippen LogP contribution in [0, 0.1) is 30.6 Å². The van der Waals surface area contributed by atoms with Crippen LogP contribution in [0.5, 0.6) is 0 Å². The summed E-state index contributed by atoms with van der Waals surface area (Å²) in [5.41, 5.74) is 22.0. The Balaban J connectivity index is 0.000000116. The summed E-state index contributed by atoms with van der Waals surface area (Å²) in [7, 11) is 0. The van der Waals surface area contributed by atoms with Crippen molar-refractivity contribution >= 4 is 21.9 Å². The second-order valence-electron chi connectivity index (χ2n) is 19.3. The van der Waals surface area contributed by atoms with Gasteiger partial charge < -0.3 is 4.42 Å². The Morgan fingerprint density at radius 1 is 0.533 bits per heavy atom. The maximum absolute atomic E-state index is 6.07. The molecule has 0 spiro atoms. The predicted octanol–water partition coefficient (Wildman–Crippen LogP) is 16.7. The number of rotatable bonds is 2. The Morgan fingerprint density at radius 2 is 1.20 bits per heavy atom. The van der Waals surface area contributed by atoms with Crippen molar-refractivity contribution in [3.05, 3.63) is 202 Å². The average Bonchev–Trinajstić information content (AvgIpc) is 3.80. The molecule has 1 nitrogen and oxygen atoms in total. The van der Waals surface area contributed by atoms with Gasteiger partial charge in [0.15, 0.2) is 0 Å². The fraction of sp³-hybridized carbons (Fsp3) is 0.254. The van der Waals surface area contributed by atoms with Crippen molar-refractivity contribution in [2.24, 2.45) is 16.7 Å². The molecule has 11 rings (SSSR count). The van der Waals surface area contributed by atoms with Crippen LogP contribution in [-0.2, 0) is 5.41 Å². The summed E-state index contributed by atoms with van der Waals surface area (Å²) in [6, 6.07) is 47.4. The molecule has 0 amide bonds. The Morgan fingerprint density at radius 3 is 1.98 bits per heavy atom. The number of allylic oxidation sites excluding steroid dienone is 8. The first kappa shape index (κ1) is 39.5. The first-order valence-electron chi connectivity index (χ1n) is 21.9. The van der Waals surface area contributed by atoms with E-state index in [9.17, 15) is 0 Å². The van der Waals surface area contributed by atoms with Crippen LogP contribution in [0.25, 0.3) is 55.3 Å². The van der Waals surface area contributed by atoms with Crippen LogP contribution in [0.2, 0.25) is 0 Å². The van der Waals surface area contributed by atoms with Crippen molar-refractivity contribution in [3.8, 4) is 33.4 Å². The normalized spacial score (nSPS) is 18.6. The molecule has 7 aromatic rings. The molecule has 1 unspecified atom stereocenters. The lowest BCUT2D eigenvalue weighted by Gasteiger charge is -2.30. The smallest absolute Gasteiger partial charge is 0.143 e. The highest BCUT2D eigenvalue weighted by Gasteiger charge is 2.44. The Hall–Kier alpha value is -5.92. The van der Waals surface area contributed by atoms with Gasteiger partial charge >= 0.3 is 0 Å². The zero-order valence-electron chi connectivity index (χ0n) is 36.9. The van der Waals surface area contributed by atoms with E-state index in [-0.39, 0.29) is 10.8 Å². The summed E-state index contributed by atoms with van der Waals surface area (Å²) in [5.74, 6) is 0.690. The van der Waals surface area contributed by atoms with E-state index in [1.54, 1.807) is 11.1 Å². The van der Waals surface area contributed by atoms with Gasteiger partial charge in [-0.15, -0.1) is 0 Å². The van der Waals surface area contributed by atoms with Gasteiger partial charge in [0.1, 0.15) is 11.2 Å². The number of fused-ring (bicyclic) bond motifs is 9. The Labute approximate surface area is 357 Å². The molecule has 1 heteroatoms. The van der Waals surface area contributed by atoms with E-state index in [0.717, 1.165) is 16.7 Å². The monoisotopic (exact) mass is 782 g/mol. The summed E-state index contributed by atoms with van der Waals surface area (Å²) in [6.45, 7) is 20.7. The highest BCUT2D eigenvalue weighted by atomic mass is 16.3. The quantitative estimate of drug-likeness (QED) is 0.170. The molecule has 0 radical (unpaired) electrons. The number of hydrogen-bond acceptors (Lipinski definition) is 1. The van der Waals surface area contributed by atoms with Crippen LogP contribution in [0.4, 0.5) is 0 Å². The van der Waals surface area contributed by atoms with Crippen LogP contribution in [0.3, 0.4) is 0 Å². The maximum atomic E-state index is 6.07. The summed E-state index contributed by atoms with van der Waals surface area (Å²) < 4.78 is 6.07. The summed E-state index contributed by atoms with van der Waals surface area (Å²) >= 11 is 0. The first-order valence-corrected chi connectivity index (χ1v) is 21.9. The molecule has 300 valence electrons. The van der Waals surface area contributed by atoms with Crippen molar-refractivity contribution in [1.82, 2.24) is 0 Å². The lowest BCUT2D eigenvalue weighted by atomic mass is 9.74. The lowest BCUT2D eigenvalue weighted by Crippen LogP contribution is -2.18. The second kappa shape index (κ2) is 15.0. The average molecular weight is 783 g/mol. The minimum atomic E-state index is 0.0709. The molecule has 1 saturated carbocycles. The molecule has 1 atom stereocenters. The zero-order valence-corrected chi connectivity index (χ0v) is 36.9. The molecule has 1 heterocycles. The summed E-state index contributed by atoms with van der Waals surface area (Å²) in [6.07, 6.45) is 12.3. The third kappa shape index (κ3) is 6.93. The van der Waals surface area contributed by atoms with Crippen molar-refractivity contribution in [3.63, 3.8) is 0 Å². The molecule has 4 aliphatic carbocycles. The molecule has 60 heavy (non-hydrogen) atoms. The van der Waals surface area contributed by atoms with Gasteiger partial charge in [-0.3, -0.25) is 0 Å². The molecule has 4 aliphatic rings. The van der Waals surface area contributed by atoms with Crippen molar-refractivity contribution < 1.29 is 4.42 Å². The van der Waals surface area contributed by atoms with Crippen LogP contribution in [0.15, 0.2) is 184 Å². The highest BCUT2D eigenvalue weighted by Crippen LogP contribution is 2.58. The van der Waals surface area contributed by atoms with Crippen molar-refractivity contribution in [2.45, 2.75) is 80.6 Å². The summed E-state index contributed by atoms with van der Waals surface area (Å²) in [4.78, 5) is 0. The van der Waals surface area contributed by atoms with Crippen LogP contribution < -0.4 is 0 Å². The van der Waals surface area contributed by atoms with E-state index in [1.807, 2.05) is 12.1 Å². The first-order chi connectivity index (χ1) is 28.7. The third-order valence-electron chi connectivity index (χ3n) is 13.4. The molecule has 1 fully saturated rings. The van der Waals surface area contributed by atoms with Gasteiger partial charge in [-0.1, -0.05) is 211 Å². The standard InChI is InChI=1S/C22H20.C19H14O.C18H24/c1-15-12-13-18-20(14-15)22(2,3)19-11-7-10-17(21(18)19)16-8-5-4-6-9-16;1-13-9-11-14(12-10-13)15-6-4-7-17-16-5-2-3-8-18(16)20-19(15)17;1-12-6-7-15-14(10-12)13-8-9-17(2,3)11-16(13)18(15,4)5/h4-14H,1-3H3;2-12H,1H3;7-8,10-12H,6,9H2,1-5H3. The molecule has 0 bridgehead atoms. The van der Waals surface area contributed by atoms with Gasteiger partial charge in [0.2, 0.25) is 0 Å². The van der Waals surface area contributed by atoms with Gasteiger partial charge in [0.05, 0.1) is 0 Å². The van der Waals surface area contributed by atoms with E-state index >= 15 is 0 Å². The molecule has 6 aromatic carbocycles. The van der Waals surface area contributed by atoms with Crippen LogP contribution >= 0.6 is 0 Å². The largest absolute Gasteiger partial charge is 0.455 e. The van der Waals surface area contributed by atoms with Gasteiger partial charge in [-0.2, -0.15) is 0 Å². The molecular formula is C59H58O. The predicted molar refractivity (Wildman–Crippen MR) is 256 cm³/mol. The molecule has 0 saturated heterocycles. The lowest BCUT2D eigenvalue weighted by molar-refractivity contribution is 0.460. The Kier molecular flexibility index (Phi) is 9.86. The minimum absolute atomic E-state index is 0.0709. The van der Waals surface area contributed by atoms with Gasteiger partial charge in [0.25, 0.3) is 0 Å². The molecular weight excluding hydrogens is 725 g/mol. The third-order valence-corrected chi connectivity index (χ3v) is 13.4. The van der Waals surface area contributed by atoms with Crippen LogP contribution in [-0.4, -0.2) is 0 Å². The van der Waals surface area contributed by atoms with E-state index in [2.05, 4.69) is 208 Å². The number of para-hydroxylation sites is 2. The number of hydrogen-bond donors (Lipinski definition) is 0. The molecule has 0 N–H and O–H groups in total. The summed E-state index contributed by atoms with van der Waals surface area (Å²) in [5, 5.41) is 2.36. The molecule has 1 aromatic heterocycles. The highest BCUT2D eigenvalue weighted by molar-refractivity contribution is 6.09. The van der Waals surface area contributed by atoms with Crippen molar-refractivity contribution in [1.29, 1.82) is 0 Å². The van der Waals surface area contributed by atoms with Crippen LogP contribution in [0.1, 0.15) is 83.6 Å². The van der Waals surface area contributed by atoms with Gasteiger partial charge in [0, 0.05) is 27.2 Å². The number of benzene rings is 6. The fourth-order valence-electron chi connectivity index (χ4n) is 10.1. The van der Waals surface area contributed by atoms with E-state index in [4.69, 9.17) is 4.42 Å². The van der Waals surface area contributed by atoms with E-state index in [1.165, 1.54) is 84.8 Å². The van der Waals surface area contributed by atoms with E-state index in [0.29, 0.717) is 11.3 Å².